The Hall–Kier alpha value is -1.14. The molecule has 6 heteroatoms. The molecular formula is C10H18N2O4. The standard InChI is InChI=1S/C10H18N2O4/c1-16-6-8(11)9(13)12-4-2-3-7(5-12)10(14)15/h7-8H,2-6,11H2,1H3,(H,14,15)/t7-,8?/m1/s1. The first-order valence-corrected chi connectivity index (χ1v) is 5.32. The fourth-order valence-corrected chi connectivity index (χ4v) is 1.86. The molecule has 0 spiro atoms. The average Bonchev–Trinajstić information content (AvgIpc) is 2.28. The number of carboxylic acid groups (broad SMARTS) is 1. The maximum absolute atomic E-state index is 11.8. The molecule has 2 atom stereocenters. The van der Waals surface area contributed by atoms with Crippen LogP contribution < -0.4 is 5.73 Å². The van der Waals surface area contributed by atoms with Crippen molar-refractivity contribution >= 4 is 11.9 Å². The third kappa shape index (κ3) is 3.18. The van der Waals surface area contributed by atoms with Crippen molar-refractivity contribution in [3.63, 3.8) is 0 Å². The molecule has 1 rings (SSSR count). The third-order valence-corrected chi connectivity index (χ3v) is 2.75. The lowest BCUT2D eigenvalue weighted by molar-refractivity contribution is -0.146. The number of carbonyl (C=O) groups is 2. The third-order valence-electron chi connectivity index (χ3n) is 2.75. The minimum atomic E-state index is -0.849. The summed E-state index contributed by atoms with van der Waals surface area (Å²) < 4.78 is 4.80. The van der Waals surface area contributed by atoms with Gasteiger partial charge in [-0.1, -0.05) is 0 Å². The van der Waals surface area contributed by atoms with Crippen molar-refractivity contribution in [1.82, 2.24) is 4.90 Å². The maximum atomic E-state index is 11.8. The summed E-state index contributed by atoms with van der Waals surface area (Å²) in [5.74, 6) is -1.54. The smallest absolute Gasteiger partial charge is 0.308 e. The minimum Gasteiger partial charge on any atom is -0.481 e. The summed E-state index contributed by atoms with van der Waals surface area (Å²) in [6, 6.07) is -0.697. The van der Waals surface area contributed by atoms with E-state index in [2.05, 4.69) is 0 Å². The monoisotopic (exact) mass is 230 g/mol. The molecule has 0 radical (unpaired) electrons. The number of nitrogens with two attached hydrogens (primary N) is 1. The molecule has 0 aromatic carbocycles. The molecule has 3 N–H and O–H groups in total. The van der Waals surface area contributed by atoms with Gasteiger partial charge < -0.3 is 20.5 Å². The molecule has 1 heterocycles. The molecule has 1 saturated heterocycles. The molecule has 0 aromatic rings. The zero-order chi connectivity index (χ0) is 12.1. The summed E-state index contributed by atoms with van der Waals surface area (Å²) in [6.07, 6.45) is 1.33. The Labute approximate surface area is 94.3 Å². The Kier molecular flexibility index (Phi) is 4.70. The van der Waals surface area contributed by atoms with E-state index in [1.165, 1.54) is 12.0 Å². The SMILES string of the molecule is COCC(N)C(=O)N1CCC[C@@H](C(=O)O)C1. The van der Waals surface area contributed by atoms with Gasteiger partial charge in [-0.15, -0.1) is 0 Å². The number of rotatable bonds is 4. The lowest BCUT2D eigenvalue weighted by Crippen LogP contribution is -2.50. The van der Waals surface area contributed by atoms with E-state index in [4.69, 9.17) is 15.6 Å². The van der Waals surface area contributed by atoms with Crippen LogP contribution in [-0.2, 0) is 14.3 Å². The van der Waals surface area contributed by atoms with E-state index >= 15 is 0 Å². The molecule has 1 aliphatic heterocycles. The van der Waals surface area contributed by atoms with Crippen molar-refractivity contribution < 1.29 is 19.4 Å². The van der Waals surface area contributed by atoms with Crippen molar-refractivity contribution in [2.24, 2.45) is 11.7 Å². The van der Waals surface area contributed by atoms with E-state index in [9.17, 15) is 9.59 Å². The number of ether oxygens (including phenoxy) is 1. The van der Waals surface area contributed by atoms with Gasteiger partial charge in [-0.25, -0.2) is 0 Å². The summed E-state index contributed by atoms with van der Waals surface area (Å²) >= 11 is 0. The number of nitrogens with zero attached hydrogens (tertiary/aromatic N) is 1. The number of carboxylic acids is 1. The second-order valence-corrected chi connectivity index (χ2v) is 4.02. The molecule has 0 aromatic heterocycles. The van der Waals surface area contributed by atoms with Gasteiger partial charge in [0.15, 0.2) is 0 Å². The summed E-state index contributed by atoms with van der Waals surface area (Å²) in [5.41, 5.74) is 5.62. The Bertz CT molecular complexity index is 270. The van der Waals surface area contributed by atoms with Crippen molar-refractivity contribution in [3.8, 4) is 0 Å². The maximum Gasteiger partial charge on any atom is 0.308 e. The number of carbonyl (C=O) groups excluding carboxylic acids is 1. The first-order chi connectivity index (χ1) is 7.56. The topological polar surface area (TPSA) is 92.9 Å². The first-order valence-electron chi connectivity index (χ1n) is 5.32. The summed E-state index contributed by atoms with van der Waals surface area (Å²) in [4.78, 5) is 24.1. The van der Waals surface area contributed by atoms with Crippen LogP contribution in [0.5, 0.6) is 0 Å². The van der Waals surface area contributed by atoms with Crippen LogP contribution in [0.1, 0.15) is 12.8 Å². The van der Waals surface area contributed by atoms with Gasteiger partial charge in [-0.05, 0) is 12.8 Å². The van der Waals surface area contributed by atoms with E-state index in [1.54, 1.807) is 0 Å². The molecule has 6 nitrogen and oxygen atoms in total. The lowest BCUT2D eigenvalue weighted by atomic mass is 9.98. The van der Waals surface area contributed by atoms with E-state index in [0.29, 0.717) is 19.4 Å². The summed E-state index contributed by atoms with van der Waals surface area (Å²) in [7, 11) is 1.48. The van der Waals surface area contributed by atoms with Crippen molar-refractivity contribution in [1.29, 1.82) is 0 Å². The number of hydrogen-bond acceptors (Lipinski definition) is 4. The molecular weight excluding hydrogens is 212 g/mol. The summed E-state index contributed by atoms with van der Waals surface area (Å²) in [5, 5.41) is 8.89. The highest BCUT2D eigenvalue weighted by atomic mass is 16.5. The van der Waals surface area contributed by atoms with Gasteiger partial charge in [0.05, 0.1) is 12.5 Å². The van der Waals surface area contributed by atoms with Gasteiger partial charge in [-0.3, -0.25) is 9.59 Å². The molecule has 1 fully saturated rings. The van der Waals surface area contributed by atoms with Crippen LogP contribution in [-0.4, -0.2) is 54.7 Å². The quantitative estimate of drug-likeness (QED) is 0.665. The number of piperidine rings is 1. The highest BCUT2D eigenvalue weighted by molar-refractivity contribution is 5.82. The van der Waals surface area contributed by atoms with Gasteiger partial charge in [0.2, 0.25) is 5.91 Å². The molecule has 1 amide bonds. The highest BCUT2D eigenvalue weighted by Crippen LogP contribution is 2.17. The average molecular weight is 230 g/mol. The first kappa shape index (κ1) is 12.9. The van der Waals surface area contributed by atoms with Crippen LogP contribution in [0.4, 0.5) is 0 Å². The Balaban J connectivity index is 2.53. The van der Waals surface area contributed by atoms with Crippen LogP contribution in [0, 0.1) is 5.92 Å². The molecule has 92 valence electrons. The van der Waals surface area contributed by atoms with Crippen LogP contribution in [0.2, 0.25) is 0 Å². The second kappa shape index (κ2) is 5.81. The van der Waals surface area contributed by atoms with Crippen LogP contribution in [0.15, 0.2) is 0 Å². The normalized spacial score (nSPS) is 22.9. The zero-order valence-electron chi connectivity index (χ0n) is 9.39. The number of amides is 1. The Morgan fingerprint density at radius 3 is 2.88 bits per heavy atom. The molecule has 0 saturated carbocycles. The minimum absolute atomic E-state index is 0.160. The number of likely N-dealkylation sites (tertiary alicyclic amines) is 1. The van der Waals surface area contributed by atoms with Gasteiger partial charge in [0.1, 0.15) is 6.04 Å². The molecule has 0 bridgehead atoms. The van der Waals surface area contributed by atoms with Crippen LogP contribution in [0.25, 0.3) is 0 Å². The van der Waals surface area contributed by atoms with Crippen molar-refractivity contribution in [3.05, 3.63) is 0 Å². The van der Waals surface area contributed by atoms with Gasteiger partial charge in [0, 0.05) is 20.2 Å². The van der Waals surface area contributed by atoms with E-state index < -0.39 is 17.9 Å². The fourth-order valence-electron chi connectivity index (χ4n) is 1.86. The highest BCUT2D eigenvalue weighted by Gasteiger charge is 2.30. The van der Waals surface area contributed by atoms with Crippen molar-refractivity contribution in [2.45, 2.75) is 18.9 Å². The number of methoxy groups -OCH3 is 1. The van der Waals surface area contributed by atoms with Crippen LogP contribution >= 0.6 is 0 Å². The molecule has 16 heavy (non-hydrogen) atoms. The fraction of sp³-hybridized carbons (Fsp3) is 0.800. The van der Waals surface area contributed by atoms with Crippen molar-refractivity contribution in [2.75, 3.05) is 26.8 Å². The zero-order valence-corrected chi connectivity index (χ0v) is 9.39. The van der Waals surface area contributed by atoms with E-state index in [1.807, 2.05) is 0 Å². The molecule has 0 aliphatic carbocycles. The lowest BCUT2D eigenvalue weighted by Gasteiger charge is -2.32. The summed E-state index contributed by atoms with van der Waals surface area (Å²) in [6.45, 7) is 0.999. The van der Waals surface area contributed by atoms with E-state index in [0.717, 1.165) is 0 Å². The predicted octanol–water partition coefficient (Wildman–Crippen LogP) is -0.717. The van der Waals surface area contributed by atoms with Gasteiger partial charge >= 0.3 is 5.97 Å². The Morgan fingerprint density at radius 1 is 1.62 bits per heavy atom. The molecule has 1 unspecified atom stereocenters. The number of aliphatic carboxylic acids is 1. The second-order valence-electron chi connectivity index (χ2n) is 4.02. The van der Waals surface area contributed by atoms with E-state index in [-0.39, 0.29) is 19.1 Å². The van der Waals surface area contributed by atoms with Gasteiger partial charge in [-0.2, -0.15) is 0 Å². The van der Waals surface area contributed by atoms with Crippen LogP contribution in [0.3, 0.4) is 0 Å². The van der Waals surface area contributed by atoms with Gasteiger partial charge in [0.25, 0.3) is 0 Å². The Morgan fingerprint density at radius 2 is 2.31 bits per heavy atom. The largest absolute Gasteiger partial charge is 0.481 e. The predicted molar refractivity (Wildman–Crippen MR) is 56.8 cm³/mol. The number of hydrogen-bond donors (Lipinski definition) is 2. The molecule has 1 aliphatic rings.